The lowest BCUT2D eigenvalue weighted by Crippen LogP contribution is -2.38. The monoisotopic (exact) mass is 335 g/mol. The van der Waals surface area contributed by atoms with Gasteiger partial charge in [0.15, 0.2) is 14.1 Å². The summed E-state index contributed by atoms with van der Waals surface area (Å²) >= 11 is 0. The van der Waals surface area contributed by atoms with Crippen LogP contribution in [-0.2, 0) is 14.0 Å². The SMILES string of the molecule is Cc1ccc(C(O[Si](C)(C)C)C(=O)CCN2CCOCC2)cc1. The standard InChI is InChI=1S/C18H29NO3Si/c1-15-5-7-16(8-6-15)18(22-23(2,3)4)17(20)9-10-19-11-13-21-14-12-19/h5-8,18H,9-14H2,1-4H3. The third-order valence-corrected chi connectivity index (χ3v) is 4.86. The molecule has 0 aromatic heterocycles. The second kappa shape index (κ2) is 8.19. The van der Waals surface area contributed by atoms with Gasteiger partial charge in [0.05, 0.1) is 13.2 Å². The first-order valence-corrected chi connectivity index (χ1v) is 11.8. The molecule has 1 aliphatic heterocycles. The van der Waals surface area contributed by atoms with Gasteiger partial charge in [-0.1, -0.05) is 29.8 Å². The van der Waals surface area contributed by atoms with Crippen LogP contribution >= 0.6 is 0 Å². The summed E-state index contributed by atoms with van der Waals surface area (Å²) in [6.07, 6.45) is 0.103. The molecule has 1 aromatic carbocycles. The number of Topliss-reactive ketones (excluding diaryl/α,β-unsaturated/α-hetero) is 1. The van der Waals surface area contributed by atoms with Crippen LogP contribution in [0.5, 0.6) is 0 Å². The van der Waals surface area contributed by atoms with Gasteiger partial charge in [0.25, 0.3) is 0 Å². The van der Waals surface area contributed by atoms with Gasteiger partial charge < -0.3 is 9.16 Å². The Kier molecular flexibility index (Phi) is 6.53. The van der Waals surface area contributed by atoms with Gasteiger partial charge in [0, 0.05) is 26.1 Å². The molecule has 1 aliphatic rings. The minimum Gasteiger partial charge on any atom is -0.404 e. The van der Waals surface area contributed by atoms with Crippen molar-refractivity contribution in [2.24, 2.45) is 0 Å². The molecule has 1 aromatic rings. The van der Waals surface area contributed by atoms with Gasteiger partial charge in [0.2, 0.25) is 0 Å². The summed E-state index contributed by atoms with van der Waals surface area (Å²) in [5.74, 6) is 0.183. The Balaban J connectivity index is 2.03. The van der Waals surface area contributed by atoms with Crippen LogP contribution in [0.4, 0.5) is 0 Å². The summed E-state index contributed by atoms with van der Waals surface area (Å²) < 4.78 is 11.6. The minimum atomic E-state index is -1.80. The molecule has 1 saturated heterocycles. The maximum atomic E-state index is 12.8. The highest BCUT2D eigenvalue weighted by molar-refractivity contribution is 6.69. The number of aryl methyl sites for hydroxylation is 1. The van der Waals surface area contributed by atoms with E-state index in [0.717, 1.165) is 38.4 Å². The molecular weight excluding hydrogens is 306 g/mol. The van der Waals surface area contributed by atoms with Crippen molar-refractivity contribution in [3.05, 3.63) is 35.4 Å². The van der Waals surface area contributed by atoms with E-state index in [2.05, 4.69) is 31.5 Å². The topological polar surface area (TPSA) is 38.8 Å². The van der Waals surface area contributed by atoms with Crippen molar-refractivity contribution >= 4 is 14.1 Å². The molecule has 0 aliphatic carbocycles. The Morgan fingerprint density at radius 1 is 1.22 bits per heavy atom. The zero-order valence-electron chi connectivity index (χ0n) is 14.8. The lowest BCUT2D eigenvalue weighted by atomic mass is 10.0. The zero-order chi connectivity index (χ0) is 16.9. The summed E-state index contributed by atoms with van der Waals surface area (Å²) in [5, 5.41) is 0. The van der Waals surface area contributed by atoms with E-state index in [1.54, 1.807) is 0 Å². The molecule has 23 heavy (non-hydrogen) atoms. The number of ether oxygens (including phenoxy) is 1. The summed E-state index contributed by atoms with van der Waals surface area (Å²) in [6.45, 7) is 12.6. The maximum absolute atomic E-state index is 12.8. The van der Waals surface area contributed by atoms with Gasteiger partial charge in [-0.05, 0) is 32.1 Å². The second-order valence-electron chi connectivity index (χ2n) is 7.19. The molecule has 0 N–H and O–H groups in total. The lowest BCUT2D eigenvalue weighted by Gasteiger charge is -2.29. The highest BCUT2D eigenvalue weighted by atomic mass is 28.4. The van der Waals surface area contributed by atoms with E-state index >= 15 is 0 Å². The number of benzene rings is 1. The molecule has 0 spiro atoms. The first-order valence-electron chi connectivity index (χ1n) is 8.42. The third-order valence-electron chi connectivity index (χ3n) is 3.92. The molecule has 4 nitrogen and oxygen atoms in total. The van der Waals surface area contributed by atoms with Crippen molar-refractivity contribution < 1.29 is 14.0 Å². The van der Waals surface area contributed by atoms with Crippen LogP contribution in [0.15, 0.2) is 24.3 Å². The predicted octanol–water partition coefficient (Wildman–Crippen LogP) is 3.18. The number of nitrogens with zero attached hydrogens (tertiary/aromatic N) is 1. The zero-order valence-corrected chi connectivity index (χ0v) is 15.8. The van der Waals surface area contributed by atoms with Crippen LogP contribution in [0.3, 0.4) is 0 Å². The predicted molar refractivity (Wildman–Crippen MR) is 95.2 cm³/mol. The van der Waals surface area contributed by atoms with Gasteiger partial charge in [-0.15, -0.1) is 0 Å². The van der Waals surface area contributed by atoms with Crippen LogP contribution in [0.2, 0.25) is 19.6 Å². The summed E-state index contributed by atoms with van der Waals surface area (Å²) in [4.78, 5) is 15.1. The van der Waals surface area contributed by atoms with Gasteiger partial charge in [-0.3, -0.25) is 9.69 Å². The quantitative estimate of drug-likeness (QED) is 0.718. The molecule has 1 unspecified atom stereocenters. The van der Waals surface area contributed by atoms with Gasteiger partial charge in [-0.25, -0.2) is 0 Å². The first-order chi connectivity index (χ1) is 10.8. The lowest BCUT2D eigenvalue weighted by molar-refractivity contribution is -0.127. The van der Waals surface area contributed by atoms with Crippen molar-refractivity contribution in [1.29, 1.82) is 0 Å². The Bertz CT molecular complexity index is 504. The fraction of sp³-hybridized carbons (Fsp3) is 0.611. The maximum Gasteiger partial charge on any atom is 0.185 e. The van der Waals surface area contributed by atoms with Crippen LogP contribution in [0, 0.1) is 6.92 Å². The number of carbonyl (C=O) groups excluding carboxylic acids is 1. The number of carbonyl (C=O) groups is 1. The van der Waals surface area contributed by atoms with Crippen molar-refractivity contribution in [2.45, 2.75) is 39.1 Å². The average molecular weight is 336 g/mol. The van der Waals surface area contributed by atoms with Crippen molar-refractivity contribution in [3.63, 3.8) is 0 Å². The first kappa shape index (κ1) is 18.3. The van der Waals surface area contributed by atoms with Crippen LogP contribution < -0.4 is 0 Å². The van der Waals surface area contributed by atoms with Gasteiger partial charge >= 0.3 is 0 Å². The fourth-order valence-corrected chi connectivity index (χ4v) is 3.61. The molecule has 0 bridgehead atoms. The molecular formula is C18H29NO3Si. The summed E-state index contributed by atoms with van der Waals surface area (Å²) in [5.41, 5.74) is 2.17. The van der Waals surface area contributed by atoms with Crippen LogP contribution in [-0.4, -0.2) is 51.8 Å². The van der Waals surface area contributed by atoms with Crippen molar-refractivity contribution in [1.82, 2.24) is 4.90 Å². The smallest absolute Gasteiger partial charge is 0.185 e. The molecule has 1 heterocycles. The van der Waals surface area contributed by atoms with Crippen molar-refractivity contribution in [2.75, 3.05) is 32.8 Å². The number of ketones is 1. The fourth-order valence-electron chi connectivity index (χ4n) is 2.64. The number of hydrogen-bond donors (Lipinski definition) is 0. The molecule has 128 valence electrons. The molecule has 1 atom stereocenters. The van der Waals surface area contributed by atoms with Gasteiger partial charge in [-0.2, -0.15) is 0 Å². The third kappa shape index (κ3) is 6.18. The van der Waals surface area contributed by atoms with E-state index in [0.29, 0.717) is 6.42 Å². The normalized spacial score (nSPS) is 17.9. The Labute approximate surface area is 140 Å². The van der Waals surface area contributed by atoms with E-state index in [1.165, 1.54) is 5.56 Å². The molecule has 0 amide bonds. The summed E-state index contributed by atoms with van der Waals surface area (Å²) in [7, 11) is -1.80. The summed E-state index contributed by atoms with van der Waals surface area (Å²) in [6, 6.07) is 8.13. The highest BCUT2D eigenvalue weighted by Gasteiger charge is 2.28. The Hall–Kier alpha value is -1.01. The van der Waals surface area contributed by atoms with Crippen LogP contribution in [0.25, 0.3) is 0 Å². The highest BCUT2D eigenvalue weighted by Crippen LogP contribution is 2.25. The molecule has 0 saturated carbocycles. The number of rotatable bonds is 7. The number of morpholine rings is 1. The van der Waals surface area contributed by atoms with Crippen molar-refractivity contribution in [3.8, 4) is 0 Å². The Morgan fingerprint density at radius 2 is 1.83 bits per heavy atom. The van der Waals surface area contributed by atoms with Crippen LogP contribution in [0.1, 0.15) is 23.7 Å². The molecule has 5 heteroatoms. The van der Waals surface area contributed by atoms with E-state index in [4.69, 9.17) is 9.16 Å². The Morgan fingerprint density at radius 3 is 2.39 bits per heavy atom. The molecule has 2 rings (SSSR count). The molecule has 0 radical (unpaired) electrons. The van der Waals surface area contributed by atoms with E-state index in [9.17, 15) is 4.79 Å². The van der Waals surface area contributed by atoms with E-state index in [-0.39, 0.29) is 5.78 Å². The minimum absolute atomic E-state index is 0.183. The van der Waals surface area contributed by atoms with Gasteiger partial charge in [0.1, 0.15) is 6.10 Å². The van der Waals surface area contributed by atoms with E-state index < -0.39 is 14.4 Å². The number of hydrogen-bond acceptors (Lipinski definition) is 4. The second-order valence-corrected chi connectivity index (χ2v) is 11.7. The largest absolute Gasteiger partial charge is 0.404 e. The average Bonchev–Trinajstić information content (AvgIpc) is 2.51. The van der Waals surface area contributed by atoms with E-state index in [1.807, 2.05) is 24.3 Å². The molecule has 1 fully saturated rings.